The normalized spacial score (nSPS) is 16.0. The third kappa shape index (κ3) is 2.41. The predicted molar refractivity (Wildman–Crippen MR) is 81.0 cm³/mol. The number of halogens is 1. The molecule has 19 heavy (non-hydrogen) atoms. The Morgan fingerprint density at radius 2 is 1.89 bits per heavy atom. The molecule has 1 saturated heterocycles. The van der Waals surface area contributed by atoms with E-state index in [0.29, 0.717) is 16.9 Å². The summed E-state index contributed by atoms with van der Waals surface area (Å²) in [7, 11) is 0. The van der Waals surface area contributed by atoms with E-state index in [1.54, 1.807) is 6.07 Å². The molecule has 1 aromatic heterocycles. The zero-order valence-electron chi connectivity index (χ0n) is 10.9. The van der Waals surface area contributed by atoms with Crippen LogP contribution in [0.1, 0.15) is 24.8 Å². The first-order valence-electron chi connectivity index (χ1n) is 6.64. The van der Waals surface area contributed by atoms with Gasteiger partial charge >= 0.3 is 0 Å². The van der Waals surface area contributed by atoms with Gasteiger partial charge in [0.1, 0.15) is 0 Å². The van der Waals surface area contributed by atoms with Crippen molar-refractivity contribution in [3.63, 3.8) is 0 Å². The van der Waals surface area contributed by atoms with Crippen LogP contribution < -0.4 is 10.3 Å². The molecule has 0 radical (unpaired) electrons. The van der Waals surface area contributed by atoms with Crippen molar-refractivity contribution in [2.45, 2.75) is 26.2 Å². The molecule has 0 N–H and O–H groups in total. The van der Waals surface area contributed by atoms with E-state index in [-0.39, 0.29) is 5.43 Å². The predicted octanol–water partition coefficient (Wildman–Crippen LogP) is 3.85. The molecule has 0 atom stereocenters. The van der Waals surface area contributed by atoms with E-state index in [1.165, 1.54) is 6.42 Å². The summed E-state index contributed by atoms with van der Waals surface area (Å²) in [5.74, 6) is 0.696. The maximum absolute atomic E-state index is 12.2. The second-order valence-electron chi connectivity index (χ2n) is 5.12. The van der Waals surface area contributed by atoms with Crippen molar-refractivity contribution in [2.75, 3.05) is 18.0 Å². The number of hydrogen-bond acceptors (Lipinski definition) is 3. The highest BCUT2D eigenvalue weighted by atomic mass is 79.9. The van der Waals surface area contributed by atoms with Crippen LogP contribution in [-0.2, 0) is 0 Å². The van der Waals surface area contributed by atoms with Gasteiger partial charge in [0.25, 0.3) is 0 Å². The Kier molecular flexibility index (Phi) is 3.35. The molecule has 2 aromatic rings. The van der Waals surface area contributed by atoms with Gasteiger partial charge in [-0.1, -0.05) is 0 Å². The SMILES string of the molecule is Cc1cc(Br)c2oc(N3CCCCC3)cc(=O)c2c1. The second-order valence-corrected chi connectivity index (χ2v) is 5.97. The summed E-state index contributed by atoms with van der Waals surface area (Å²) in [5, 5.41) is 0.646. The van der Waals surface area contributed by atoms with Crippen LogP contribution in [0.4, 0.5) is 5.88 Å². The van der Waals surface area contributed by atoms with Crippen LogP contribution in [0, 0.1) is 6.92 Å². The van der Waals surface area contributed by atoms with E-state index in [4.69, 9.17) is 4.42 Å². The molecule has 1 aliphatic heterocycles. The van der Waals surface area contributed by atoms with E-state index < -0.39 is 0 Å². The van der Waals surface area contributed by atoms with Gasteiger partial charge < -0.3 is 9.32 Å². The molecule has 0 unspecified atom stereocenters. The third-order valence-electron chi connectivity index (χ3n) is 3.58. The number of piperidine rings is 1. The molecule has 0 saturated carbocycles. The highest BCUT2D eigenvalue weighted by Crippen LogP contribution is 2.28. The molecule has 100 valence electrons. The van der Waals surface area contributed by atoms with Gasteiger partial charge in [-0.2, -0.15) is 0 Å². The van der Waals surface area contributed by atoms with Gasteiger partial charge in [-0.25, -0.2) is 0 Å². The van der Waals surface area contributed by atoms with Crippen molar-refractivity contribution in [2.24, 2.45) is 0 Å². The van der Waals surface area contributed by atoms with Crippen molar-refractivity contribution in [3.05, 3.63) is 38.5 Å². The van der Waals surface area contributed by atoms with Crippen molar-refractivity contribution in [3.8, 4) is 0 Å². The van der Waals surface area contributed by atoms with E-state index in [1.807, 2.05) is 19.1 Å². The summed E-state index contributed by atoms with van der Waals surface area (Å²) < 4.78 is 6.79. The van der Waals surface area contributed by atoms with Gasteiger partial charge in [0, 0.05) is 19.2 Å². The molecule has 0 aliphatic carbocycles. The minimum absolute atomic E-state index is 0.0335. The average molecular weight is 322 g/mol. The molecule has 1 fully saturated rings. The average Bonchev–Trinajstić information content (AvgIpc) is 2.41. The topological polar surface area (TPSA) is 33.5 Å². The highest BCUT2D eigenvalue weighted by molar-refractivity contribution is 9.10. The van der Waals surface area contributed by atoms with Gasteiger partial charge in [0.15, 0.2) is 16.9 Å². The molecule has 0 spiro atoms. The fraction of sp³-hybridized carbons (Fsp3) is 0.400. The van der Waals surface area contributed by atoms with Crippen molar-refractivity contribution in [1.29, 1.82) is 0 Å². The van der Waals surface area contributed by atoms with E-state index in [2.05, 4.69) is 20.8 Å². The van der Waals surface area contributed by atoms with Gasteiger partial charge in [-0.15, -0.1) is 0 Å². The molecule has 0 amide bonds. The number of rotatable bonds is 1. The van der Waals surface area contributed by atoms with Crippen LogP contribution in [0.25, 0.3) is 11.0 Å². The fourth-order valence-electron chi connectivity index (χ4n) is 2.61. The summed E-state index contributed by atoms with van der Waals surface area (Å²) in [4.78, 5) is 14.4. The monoisotopic (exact) mass is 321 g/mol. The summed E-state index contributed by atoms with van der Waals surface area (Å²) in [5.41, 5.74) is 1.74. The Labute approximate surface area is 120 Å². The fourth-order valence-corrected chi connectivity index (χ4v) is 3.27. The van der Waals surface area contributed by atoms with Gasteiger partial charge in [-0.05, 0) is 59.8 Å². The largest absolute Gasteiger partial charge is 0.439 e. The van der Waals surface area contributed by atoms with E-state index >= 15 is 0 Å². The molecule has 4 heteroatoms. The zero-order valence-corrected chi connectivity index (χ0v) is 12.5. The molecule has 3 rings (SSSR count). The lowest BCUT2D eigenvalue weighted by Crippen LogP contribution is -2.30. The molecule has 2 heterocycles. The van der Waals surface area contributed by atoms with Crippen LogP contribution in [0.5, 0.6) is 0 Å². The van der Waals surface area contributed by atoms with E-state index in [0.717, 1.165) is 36.0 Å². The first-order valence-corrected chi connectivity index (χ1v) is 7.43. The van der Waals surface area contributed by atoms with Crippen LogP contribution in [0.2, 0.25) is 0 Å². The lowest BCUT2D eigenvalue weighted by Gasteiger charge is -2.27. The summed E-state index contributed by atoms with van der Waals surface area (Å²) >= 11 is 3.49. The first kappa shape index (κ1) is 12.7. The number of benzene rings is 1. The smallest absolute Gasteiger partial charge is 0.200 e. The zero-order chi connectivity index (χ0) is 13.4. The minimum Gasteiger partial charge on any atom is -0.439 e. The highest BCUT2D eigenvalue weighted by Gasteiger charge is 2.16. The lowest BCUT2D eigenvalue weighted by molar-refractivity contribution is 0.512. The molecule has 3 nitrogen and oxygen atoms in total. The molecular formula is C15H16BrNO2. The number of hydrogen-bond donors (Lipinski definition) is 0. The van der Waals surface area contributed by atoms with Gasteiger partial charge in [-0.3, -0.25) is 4.79 Å². The lowest BCUT2D eigenvalue weighted by atomic mass is 10.1. The second kappa shape index (κ2) is 5.00. The number of anilines is 1. The Balaban J connectivity index is 2.15. The standard InChI is InChI=1S/C15H16BrNO2/c1-10-7-11-13(18)9-14(17-5-3-2-4-6-17)19-15(11)12(16)8-10/h7-9H,2-6H2,1H3. The van der Waals surface area contributed by atoms with Crippen LogP contribution in [0.15, 0.2) is 31.9 Å². The summed E-state index contributed by atoms with van der Waals surface area (Å²) in [6, 6.07) is 5.48. The van der Waals surface area contributed by atoms with Crippen LogP contribution >= 0.6 is 15.9 Å². The summed E-state index contributed by atoms with van der Waals surface area (Å²) in [6.07, 6.45) is 3.59. The van der Waals surface area contributed by atoms with Crippen molar-refractivity contribution < 1.29 is 4.42 Å². The van der Waals surface area contributed by atoms with Crippen molar-refractivity contribution >= 4 is 32.8 Å². The maximum atomic E-state index is 12.2. The van der Waals surface area contributed by atoms with Crippen LogP contribution in [-0.4, -0.2) is 13.1 Å². The number of fused-ring (bicyclic) bond motifs is 1. The Hall–Kier alpha value is -1.29. The molecule has 1 aliphatic rings. The Morgan fingerprint density at radius 3 is 2.63 bits per heavy atom. The quantitative estimate of drug-likeness (QED) is 0.799. The summed E-state index contributed by atoms with van der Waals surface area (Å²) in [6.45, 7) is 3.91. The number of nitrogens with zero attached hydrogens (tertiary/aromatic N) is 1. The molecule has 1 aromatic carbocycles. The molecule has 0 bridgehead atoms. The number of aryl methyl sites for hydroxylation is 1. The van der Waals surface area contributed by atoms with E-state index in [9.17, 15) is 4.79 Å². The third-order valence-corrected chi connectivity index (χ3v) is 4.17. The van der Waals surface area contributed by atoms with Crippen molar-refractivity contribution in [1.82, 2.24) is 0 Å². The Bertz CT molecular complexity index is 672. The van der Waals surface area contributed by atoms with Gasteiger partial charge in [0.05, 0.1) is 9.86 Å². The molecular weight excluding hydrogens is 306 g/mol. The Morgan fingerprint density at radius 1 is 1.16 bits per heavy atom. The van der Waals surface area contributed by atoms with Crippen LogP contribution in [0.3, 0.4) is 0 Å². The van der Waals surface area contributed by atoms with Gasteiger partial charge in [0.2, 0.25) is 0 Å². The minimum atomic E-state index is 0.0335. The maximum Gasteiger partial charge on any atom is 0.200 e. The first-order chi connectivity index (χ1) is 9.15.